The maximum Gasteiger partial charge on any atom is 0.264 e. The number of nitrogens with zero attached hydrogens (tertiary/aromatic N) is 2. The number of hydrogen-bond acceptors (Lipinski definition) is 5. The summed E-state index contributed by atoms with van der Waals surface area (Å²) in [4.78, 5) is 12.4. The number of benzene rings is 3. The number of nitriles is 1. The summed E-state index contributed by atoms with van der Waals surface area (Å²) in [5, 5.41) is 11.6. The molecule has 32 heavy (non-hydrogen) atoms. The quantitative estimate of drug-likeness (QED) is 0.622. The molecule has 0 spiro atoms. The van der Waals surface area contributed by atoms with E-state index in [9.17, 15) is 13.2 Å². The van der Waals surface area contributed by atoms with Crippen molar-refractivity contribution in [1.29, 1.82) is 5.26 Å². The Kier molecular flexibility index (Phi) is 5.84. The molecule has 0 aromatic heterocycles. The van der Waals surface area contributed by atoms with Crippen LogP contribution in [0.25, 0.3) is 0 Å². The summed E-state index contributed by atoms with van der Waals surface area (Å²) in [6.45, 7) is 1.90. The van der Waals surface area contributed by atoms with Gasteiger partial charge >= 0.3 is 0 Å². The lowest BCUT2D eigenvalue weighted by Gasteiger charge is -2.20. The van der Waals surface area contributed by atoms with Gasteiger partial charge in [-0.3, -0.25) is 9.10 Å². The predicted octanol–water partition coefficient (Wildman–Crippen LogP) is 3.64. The first kappa shape index (κ1) is 21.4. The van der Waals surface area contributed by atoms with Gasteiger partial charge in [0.2, 0.25) is 0 Å². The molecule has 0 atom stereocenters. The fourth-order valence-corrected chi connectivity index (χ4v) is 5.22. The minimum absolute atomic E-state index is 0.178. The smallest absolute Gasteiger partial charge is 0.264 e. The molecule has 0 bridgehead atoms. The third-order valence-electron chi connectivity index (χ3n) is 5.21. The first-order valence-corrected chi connectivity index (χ1v) is 11.5. The van der Waals surface area contributed by atoms with Crippen molar-refractivity contribution in [3.63, 3.8) is 0 Å². The second-order valence-electron chi connectivity index (χ2n) is 7.41. The number of amides is 1. The highest BCUT2D eigenvalue weighted by Crippen LogP contribution is 2.33. The van der Waals surface area contributed by atoms with Gasteiger partial charge in [-0.05, 0) is 66.9 Å². The molecular formula is C24H21N3O4S. The zero-order valence-corrected chi connectivity index (χ0v) is 18.2. The Balaban J connectivity index is 1.44. The van der Waals surface area contributed by atoms with E-state index in [0.717, 1.165) is 5.56 Å². The van der Waals surface area contributed by atoms with Crippen LogP contribution in [0.3, 0.4) is 0 Å². The van der Waals surface area contributed by atoms with Crippen molar-refractivity contribution in [2.75, 3.05) is 22.8 Å². The Morgan fingerprint density at radius 1 is 1.12 bits per heavy atom. The highest BCUT2D eigenvalue weighted by atomic mass is 32.2. The normalized spacial score (nSPS) is 12.7. The summed E-state index contributed by atoms with van der Waals surface area (Å²) in [5.74, 6) is 0.0385. The average molecular weight is 448 g/mol. The Bertz CT molecular complexity index is 1330. The van der Waals surface area contributed by atoms with E-state index in [0.29, 0.717) is 41.2 Å². The Morgan fingerprint density at radius 2 is 1.94 bits per heavy atom. The Hall–Kier alpha value is -3.83. The third-order valence-corrected chi connectivity index (χ3v) is 7.02. The zero-order chi connectivity index (χ0) is 22.7. The van der Waals surface area contributed by atoms with Gasteiger partial charge < -0.3 is 10.1 Å². The lowest BCUT2D eigenvalue weighted by molar-refractivity contribution is -0.118. The number of carbonyl (C=O) groups excluding carboxylic acids is 1. The second-order valence-corrected chi connectivity index (χ2v) is 9.27. The van der Waals surface area contributed by atoms with E-state index in [4.69, 9.17) is 10.00 Å². The highest BCUT2D eigenvalue weighted by Gasteiger charge is 2.30. The van der Waals surface area contributed by atoms with Crippen LogP contribution in [0.4, 0.5) is 11.4 Å². The van der Waals surface area contributed by atoms with Crippen LogP contribution >= 0.6 is 0 Å². The van der Waals surface area contributed by atoms with Gasteiger partial charge in [-0.25, -0.2) is 8.42 Å². The number of nitrogens with one attached hydrogen (secondary N) is 1. The lowest BCUT2D eigenvalue weighted by atomic mass is 10.2. The van der Waals surface area contributed by atoms with E-state index in [1.165, 1.54) is 10.4 Å². The summed E-state index contributed by atoms with van der Waals surface area (Å²) >= 11 is 0. The van der Waals surface area contributed by atoms with E-state index in [1.807, 2.05) is 30.3 Å². The SMILES string of the molecule is Cc1cc(S(=O)(=O)N2CCc3ccccc32)ccc1OCC(=O)Nc1cccc(C#N)c1. The molecule has 0 aliphatic carbocycles. The summed E-state index contributed by atoms with van der Waals surface area (Å²) < 4.78 is 33.4. The molecule has 1 amide bonds. The van der Waals surface area contributed by atoms with Gasteiger partial charge in [0.05, 0.1) is 22.2 Å². The van der Waals surface area contributed by atoms with E-state index in [-0.39, 0.29) is 17.4 Å². The molecular weight excluding hydrogens is 426 g/mol. The maximum absolute atomic E-state index is 13.2. The van der Waals surface area contributed by atoms with Crippen LogP contribution in [-0.2, 0) is 21.2 Å². The Labute approximate surface area is 186 Å². The standard InChI is InChI=1S/C24H21N3O4S/c1-17-13-21(32(29,30)27-12-11-19-6-2-3-8-22(19)27)9-10-23(17)31-16-24(28)26-20-7-4-5-18(14-20)15-25/h2-10,13-14H,11-12,16H2,1H3,(H,26,28). The van der Waals surface area contributed by atoms with E-state index in [1.54, 1.807) is 43.3 Å². The van der Waals surface area contributed by atoms with Crippen LogP contribution in [0.15, 0.2) is 71.6 Å². The van der Waals surface area contributed by atoms with E-state index < -0.39 is 10.0 Å². The molecule has 1 aliphatic heterocycles. The molecule has 1 aliphatic rings. The molecule has 3 aromatic carbocycles. The van der Waals surface area contributed by atoms with Crippen molar-refractivity contribution in [3.05, 3.63) is 83.4 Å². The van der Waals surface area contributed by atoms with Crippen LogP contribution in [0.5, 0.6) is 5.75 Å². The lowest BCUT2D eigenvalue weighted by Crippen LogP contribution is -2.29. The van der Waals surface area contributed by atoms with Crippen molar-refractivity contribution < 1.29 is 17.9 Å². The second kappa shape index (κ2) is 8.73. The highest BCUT2D eigenvalue weighted by molar-refractivity contribution is 7.92. The number of hydrogen-bond donors (Lipinski definition) is 1. The monoisotopic (exact) mass is 447 g/mol. The van der Waals surface area contributed by atoms with Gasteiger partial charge in [-0.2, -0.15) is 5.26 Å². The van der Waals surface area contributed by atoms with Gasteiger partial charge in [0, 0.05) is 12.2 Å². The largest absolute Gasteiger partial charge is 0.483 e. The number of carbonyl (C=O) groups is 1. The van der Waals surface area contributed by atoms with Gasteiger partial charge in [-0.15, -0.1) is 0 Å². The number of para-hydroxylation sites is 1. The maximum atomic E-state index is 13.2. The van der Waals surface area contributed by atoms with Crippen molar-refractivity contribution >= 4 is 27.3 Å². The summed E-state index contributed by atoms with van der Waals surface area (Å²) in [7, 11) is -3.70. The summed E-state index contributed by atoms with van der Waals surface area (Å²) in [6.07, 6.45) is 0.683. The molecule has 162 valence electrons. The molecule has 0 radical (unpaired) electrons. The van der Waals surface area contributed by atoms with Gasteiger partial charge in [-0.1, -0.05) is 24.3 Å². The van der Waals surface area contributed by atoms with E-state index in [2.05, 4.69) is 5.32 Å². The average Bonchev–Trinajstić information content (AvgIpc) is 3.23. The molecule has 3 aromatic rings. The van der Waals surface area contributed by atoms with Crippen LogP contribution in [0.2, 0.25) is 0 Å². The fraction of sp³-hybridized carbons (Fsp3) is 0.167. The molecule has 0 fully saturated rings. The molecule has 4 rings (SSSR count). The molecule has 7 nitrogen and oxygen atoms in total. The summed E-state index contributed by atoms with van der Waals surface area (Å²) in [5.41, 5.74) is 3.28. The van der Waals surface area contributed by atoms with E-state index >= 15 is 0 Å². The van der Waals surface area contributed by atoms with Gasteiger partial charge in [0.1, 0.15) is 5.75 Å². The van der Waals surface area contributed by atoms with Crippen LogP contribution in [0, 0.1) is 18.3 Å². The third kappa shape index (κ3) is 4.29. The van der Waals surface area contributed by atoms with Crippen molar-refractivity contribution in [2.24, 2.45) is 0 Å². The molecule has 0 unspecified atom stereocenters. The first-order valence-electron chi connectivity index (χ1n) is 10.0. The zero-order valence-electron chi connectivity index (χ0n) is 17.4. The van der Waals surface area contributed by atoms with Crippen molar-refractivity contribution in [2.45, 2.75) is 18.2 Å². The van der Waals surface area contributed by atoms with Gasteiger partial charge in [0.15, 0.2) is 6.61 Å². The molecule has 1 heterocycles. The van der Waals surface area contributed by atoms with Crippen LogP contribution < -0.4 is 14.4 Å². The fourth-order valence-electron chi connectivity index (χ4n) is 3.64. The number of sulfonamides is 1. The Morgan fingerprint density at radius 3 is 2.72 bits per heavy atom. The number of aryl methyl sites for hydroxylation is 1. The first-order chi connectivity index (χ1) is 15.4. The van der Waals surface area contributed by atoms with Crippen molar-refractivity contribution in [3.8, 4) is 11.8 Å². The topological polar surface area (TPSA) is 99.5 Å². The molecule has 8 heteroatoms. The number of ether oxygens (including phenoxy) is 1. The minimum Gasteiger partial charge on any atom is -0.483 e. The van der Waals surface area contributed by atoms with Crippen molar-refractivity contribution in [1.82, 2.24) is 0 Å². The number of fused-ring (bicyclic) bond motifs is 1. The van der Waals surface area contributed by atoms with Crippen LogP contribution in [0.1, 0.15) is 16.7 Å². The van der Waals surface area contributed by atoms with Crippen LogP contribution in [-0.4, -0.2) is 27.5 Å². The number of rotatable bonds is 6. The molecule has 1 N–H and O–H groups in total. The predicted molar refractivity (Wildman–Crippen MR) is 121 cm³/mol. The van der Waals surface area contributed by atoms with Gasteiger partial charge in [0.25, 0.3) is 15.9 Å². The number of anilines is 2. The molecule has 0 saturated heterocycles. The minimum atomic E-state index is -3.70. The summed E-state index contributed by atoms with van der Waals surface area (Å²) in [6, 6.07) is 20.7. The molecule has 0 saturated carbocycles.